The molecule has 9 heavy (non-hydrogen) atoms. The van der Waals surface area contributed by atoms with E-state index in [1.165, 1.54) is 0 Å². The molecule has 2 nitrogen and oxygen atoms in total. The van der Waals surface area contributed by atoms with Gasteiger partial charge in [0.05, 0.1) is 11.4 Å². The highest BCUT2D eigenvalue weighted by molar-refractivity contribution is 5.65. The summed E-state index contributed by atoms with van der Waals surface area (Å²) in [7, 11) is 0. The summed E-state index contributed by atoms with van der Waals surface area (Å²) in [6.07, 6.45) is 0. The molecule has 0 unspecified atom stereocenters. The minimum atomic E-state index is 0.933. The molecule has 2 heteroatoms. The maximum atomic E-state index is 3.87. The zero-order valence-corrected chi connectivity index (χ0v) is 4.70. The topological polar surface area (TPSA) is 24.7 Å². The van der Waals surface area contributed by atoms with E-state index in [0.717, 1.165) is 11.4 Å². The first kappa shape index (κ1) is 4.48. The second kappa shape index (κ2) is 1.54. The van der Waals surface area contributed by atoms with Gasteiger partial charge in [0.2, 0.25) is 0 Å². The number of hydrogen-bond acceptors (Lipinski definition) is 2. The zero-order chi connectivity index (χ0) is 6.10. The molecule has 0 saturated carbocycles. The van der Waals surface area contributed by atoms with E-state index in [1.807, 2.05) is 24.3 Å². The molecule has 1 aromatic rings. The van der Waals surface area contributed by atoms with E-state index in [2.05, 4.69) is 16.0 Å². The Bertz CT molecular complexity index is 272. The van der Waals surface area contributed by atoms with Crippen LogP contribution in [0.25, 0.3) is 0 Å². The Labute approximate surface area is 52.6 Å². The lowest BCUT2D eigenvalue weighted by Gasteiger charge is -1.95. The fourth-order valence-electron chi connectivity index (χ4n) is 0.773. The van der Waals surface area contributed by atoms with Gasteiger partial charge in [0.15, 0.2) is 0 Å². The van der Waals surface area contributed by atoms with Gasteiger partial charge >= 0.3 is 0 Å². The number of rotatable bonds is 0. The minimum Gasteiger partial charge on any atom is -0.187 e. The summed E-state index contributed by atoms with van der Waals surface area (Å²) in [5.74, 6) is 0. The first-order valence-electron chi connectivity index (χ1n) is 2.72. The Morgan fingerprint density at radius 2 is 1.78 bits per heavy atom. The van der Waals surface area contributed by atoms with Gasteiger partial charge in [-0.1, -0.05) is 6.07 Å². The van der Waals surface area contributed by atoms with Crippen molar-refractivity contribution in [1.29, 1.82) is 0 Å². The molecule has 42 valence electrons. The average molecular weight is 116 g/mol. The summed E-state index contributed by atoms with van der Waals surface area (Å²) >= 11 is 0. The van der Waals surface area contributed by atoms with Crippen molar-refractivity contribution in [3.05, 3.63) is 24.3 Å². The van der Waals surface area contributed by atoms with Gasteiger partial charge in [-0.25, -0.2) is 0 Å². The molecule has 1 aromatic carbocycles. The lowest BCUT2D eigenvalue weighted by Crippen LogP contribution is -1.69. The Balaban J connectivity index is 2.79. The molecular weight excluding hydrogens is 112 g/mol. The Morgan fingerprint density at radius 3 is 2.33 bits per heavy atom. The molecule has 0 atom stereocenters. The second-order valence-electron chi connectivity index (χ2n) is 1.84. The summed E-state index contributed by atoms with van der Waals surface area (Å²) in [6, 6.07) is 10.2. The van der Waals surface area contributed by atoms with Crippen LogP contribution in [0.1, 0.15) is 0 Å². The molecule has 2 rings (SSSR count). The summed E-state index contributed by atoms with van der Waals surface area (Å²) in [5, 5.41) is 0. The molecule has 0 aliphatic carbocycles. The molecule has 1 heterocycles. The third-order valence-corrected chi connectivity index (χ3v) is 1.19. The van der Waals surface area contributed by atoms with Crippen LogP contribution in [0.2, 0.25) is 0 Å². The van der Waals surface area contributed by atoms with Crippen LogP contribution in [0, 0.1) is 0 Å². The van der Waals surface area contributed by atoms with E-state index in [4.69, 9.17) is 0 Å². The normalized spacial score (nSPS) is 12.0. The molecule has 1 aliphatic heterocycles. The van der Waals surface area contributed by atoms with Crippen LogP contribution in [0.3, 0.4) is 0 Å². The summed E-state index contributed by atoms with van der Waals surface area (Å²) < 4.78 is 0. The predicted octanol–water partition coefficient (Wildman–Crippen LogP) is 2.14. The molecule has 1 aliphatic rings. The highest BCUT2D eigenvalue weighted by Crippen LogP contribution is 2.21. The first-order chi connectivity index (χ1) is 4.45. The second-order valence-corrected chi connectivity index (χ2v) is 1.84. The third kappa shape index (κ3) is 0.655. The van der Waals surface area contributed by atoms with Crippen LogP contribution in [-0.2, 0) is 0 Å². The molecule has 0 aromatic heterocycles. The number of aliphatic imine (C=N–C) groups is 2. The predicted molar refractivity (Wildman–Crippen MR) is 35.6 cm³/mol. The van der Waals surface area contributed by atoms with Crippen LogP contribution >= 0.6 is 0 Å². The Morgan fingerprint density at radius 1 is 1.11 bits per heavy atom. The van der Waals surface area contributed by atoms with Gasteiger partial charge in [0, 0.05) is 0 Å². The van der Waals surface area contributed by atoms with E-state index in [0.29, 0.717) is 0 Å². The molecular formula is C7H4N2. The molecule has 0 saturated heterocycles. The van der Waals surface area contributed by atoms with Crippen LogP contribution in [0.5, 0.6) is 0 Å². The fourth-order valence-corrected chi connectivity index (χ4v) is 0.773. The van der Waals surface area contributed by atoms with E-state index >= 15 is 0 Å². The summed E-state index contributed by atoms with van der Waals surface area (Å²) in [4.78, 5) is 7.73. The van der Waals surface area contributed by atoms with Crippen molar-refractivity contribution in [2.75, 3.05) is 0 Å². The van der Waals surface area contributed by atoms with Gasteiger partial charge in [0.25, 0.3) is 0 Å². The average Bonchev–Trinajstić information content (AvgIpc) is 1.88. The number of fused-ring (bicyclic) bond motifs is 2. The molecule has 0 amide bonds. The van der Waals surface area contributed by atoms with E-state index < -0.39 is 0 Å². The Kier molecular flexibility index (Phi) is 0.765. The molecule has 2 bridgehead atoms. The first-order valence-corrected chi connectivity index (χ1v) is 2.72. The lowest BCUT2D eigenvalue weighted by molar-refractivity contribution is 1.43. The highest BCUT2D eigenvalue weighted by atomic mass is 14.8. The van der Waals surface area contributed by atoms with Crippen molar-refractivity contribution >= 4 is 17.4 Å². The van der Waals surface area contributed by atoms with Gasteiger partial charge in [0.1, 0.15) is 6.01 Å². The standard InChI is InChI=1S/C7H4N2/c1-2-6-4-7(3-1)9-5-8-6/h1-4H. The summed E-state index contributed by atoms with van der Waals surface area (Å²) in [5.41, 5.74) is 1.87. The van der Waals surface area contributed by atoms with E-state index in [9.17, 15) is 0 Å². The molecule has 0 N–H and O–H groups in total. The maximum Gasteiger partial charge on any atom is 0.100 e. The monoisotopic (exact) mass is 116 g/mol. The fraction of sp³-hybridized carbons (Fsp3) is 0. The molecule has 0 fully saturated rings. The van der Waals surface area contributed by atoms with Crippen molar-refractivity contribution in [2.24, 2.45) is 9.98 Å². The molecule has 0 radical (unpaired) electrons. The maximum absolute atomic E-state index is 3.87. The van der Waals surface area contributed by atoms with Gasteiger partial charge in [-0.15, -0.1) is 0 Å². The zero-order valence-electron chi connectivity index (χ0n) is 4.70. The largest absolute Gasteiger partial charge is 0.187 e. The van der Waals surface area contributed by atoms with Crippen molar-refractivity contribution in [3.63, 3.8) is 0 Å². The van der Waals surface area contributed by atoms with Crippen molar-refractivity contribution in [3.8, 4) is 0 Å². The highest BCUT2D eigenvalue weighted by Gasteiger charge is 1.93. The number of benzene rings is 1. The van der Waals surface area contributed by atoms with Gasteiger partial charge in [-0.2, -0.15) is 9.98 Å². The SMILES string of the molecule is C1=Nc2cccc(c2)N=1. The lowest BCUT2D eigenvalue weighted by atomic mass is 10.3. The van der Waals surface area contributed by atoms with Crippen molar-refractivity contribution < 1.29 is 0 Å². The van der Waals surface area contributed by atoms with Crippen LogP contribution in [0.4, 0.5) is 11.4 Å². The third-order valence-electron chi connectivity index (χ3n) is 1.19. The number of hydrogen-bond donors (Lipinski definition) is 0. The Hall–Kier alpha value is -1.40. The van der Waals surface area contributed by atoms with Gasteiger partial charge in [-0.3, -0.25) is 0 Å². The van der Waals surface area contributed by atoms with Crippen LogP contribution in [0.15, 0.2) is 34.3 Å². The quantitative estimate of drug-likeness (QED) is 0.503. The van der Waals surface area contributed by atoms with Crippen molar-refractivity contribution in [1.82, 2.24) is 0 Å². The molecule has 0 spiro atoms. The smallest absolute Gasteiger partial charge is 0.100 e. The van der Waals surface area contributed by atoms with Crippen LogP contribution < -0.4 is 0 Å². The van der Waals surface area contributed by atoms with Crippen LogP contribution in [-0.4, -0.2) is 6.01 Å². The van der Waals surface area contributed by atoms with Gasteiger partial charge < -0.3 is 0 Å². The summed E-state index contributed by atoms with van der Waals surface area (Å²) in [6.45, 7) is 0. The van der Waals surface area contributed by atoms with E-state index in [-0.39, 0.29) is 0 Å². The number of nitrogens with zero attached hydrogens (tertiary/aromatic N) is 2. The van der Waals surface area contributed by atoms with Gasteiger partial charge in [-0.05, 0) is 18.2 Å². The minimum absolute atomic E-state index is 0.933. The van der Waals surface area contributed by atoms with E-state index in [1.54, 1.807) is 0 Å². The van der Waals surface area contributed by atoms with Crippen molar-refractivity contribution in [2.45, 2.75) is 0 Å².